The molecular weight excluding hydrogens is 223 g/mol. The van der Waals surface area contributed by atoms with E-state index in [1.807, 2.05) is 0 Å². The molecule has 1 rings (SSSR count). The smallest absolute Gasteiger partial charge is 0.356 e. The standard InChI is InChI=1S/C7H9N2O3PS/c8-7(14)9-5-1-3-6(4-2-5)13(10,11)12/h1-4H,(H3,8,9,14)(H2,10,11,12). The number of hydrogen-bond donors (Lipinski definition) is 4. The van der Waals surface area contributed by atoms with Crippen LogP contribution in [-0.4, -0.2) is 14.9 Å². The maximum atomic E-state index is 10.8. The third-order valence-electron chi connectivity index (χ3n) is 1.47. The van der Waals surface area contributed by atoms with E-state index in [-0.39, 0.29) is 10.4 Å². The molecule has 0 bridgehead atoms. The Hall–Kier alpha value is -0.940. The first-order valence-electron chi connectivity index (χ1n) is 3.62. The molecule has 14 heavy (non-hydrogen) atoms. The summed E-state index contributed by atoms with van der Waals surface area (Å²) < 4.78 is 10.8. The summed E-state index contributed by atoms with van der Waals surface area (Å²) in [5.74, 6) is 0. The van der Waals surface area contributed by atoms with E-state index in [0.717, 1.165) is 0 Å². The topological polar surface area (TPSA) is 95.6 Å². The molecule has 0 amide bonds. The lowest BCUT2D eigenvalue weighted by Gasteiger charge is -2.06. The maximum absolute atomic E-state index is 10.8. The minimum Gasteiger partial charge on any atom is -0.376 e. The van der Waals surface area contributed by atoms with Crippen molar-refractivity contribution in [2.24, 2.45) is 5.73 Å². The molecule has 0 fully saturated rings. The van der Waals surface area contributed by atoms with Gasteiger partial charge >= 0.3 is 7.60 Å². The van der Waals surface area contributed by atoms with Crippen molar-refractivity contribution in [3.05, 3.63) is 24.3 Å². The van der Waals surface area contributed by atoms with Crippen molar-refractivity contribution in [3.8, 4) is 0 Å². The highest BCUT2D eigenvalue weighted by Crippen LogP contribution is 2.33. The number of nitrogens with two attached hydrogens (primary N) is 1. The Labute approximate surface area is 86.1 Å². The molecule has 1 aromatic carbocycles. The van der Waals surface area contributed by atoms with Crippen LogP contribution in [0.2, 0.25) is 0 Å². The first kappa shape index (κ1) is 11.1. The molecule has 76 valence electrons. The molecule has 5 N–H and O–H groups in total. The third kappa shape index (κ3) is 3.08. The van der Waals surface area contributed by atoms with Crippen LogP contribution in [0, 0.1) is 0 Å². The van der Waals surface area contributed by atoms with Crippen LogP contribution in [0.25, 0.3) is 0 Å². The fourth-order valence-electron chi connectivity index (χ4n) is 0.881. The normalized spacial score (nSPS) is 11.0. The van der Waals surface area contributed by atoms with E-state index >= 15 is 0 Å². The van der Waals surface area contributed by atoms with Crippen LogP contribution in [0.1, 0.15) is 0 Å². The van der Waals surface area contributed by atoms with Crippen molar-refractivity contribution < 1.29 is 14.4 Å². The van der Waals surface area contributed by atoms with Gasteiger partial charge in [-0.25, -0.2) is 0 Å². The monoisotopic (exact) mass is 232 g/mol. The molecule has 0 saturated carbocycles. The predicted molar refractivity (Wildman–Crippen MR) is 58.5 cm³/mol. The Bertz CT molecular complexity index is 386. The molecule has 0 radical (unpaired) electrons. The summed E-state index contributed by atoms with van der Waals surface area (Å²) in [6.07, 6.45) is 0. The van der Waals surface area contributed by atoms with Crippen LogP contribution < -0.4 is 16.4 Å². The highest BCUT2D eigenvalue weighted by atomic mass is 32.1. The summed E-state index contributed by atoms with van der Waals surface area (Å²) in [5.41, 5.74) is 5.81. The molecule has 0 atom stereocenters. The van der Waals surface area contributed by atoms with Crippen molar-refractivity contribution in [1.82, 2.24) is 0 Å². The Kier molecular flexibility index (Phi) is 3.23. The van der Waals surface area contributed by atoms with Gasteiger partial charge in [0.1, 0.15) is 0 Å². The summed E-state index contributed by atoms with van der Waals surface area (Å²) >= 11 is 4.60. The summed E-state index contributed by atoms with van der Waals surface area (Å²) in [6, 6.07) is 5.63. The Balaban J connectivity index is 2.89. The van der Waals surface area contributed by atoms with E-state index < -0.39 is 7.60 Å². The van der Waals surface area contributed by atoms with E-state index in [1.54, 1.807) is 0 Å². The van der Waals surface area contributed by atoms with E-state index in [2.05, 4.69) is 17.5 Å². The molecule has 7 heteroatoms. The van der Waals surface area contributed by atoms with Crippen LogP contribution in [0.5, 0.6) is 0 Å². The van der Waals surface area contributed by atoms with Crippen molar-refractivity contribution >= 4 is 35.9 Å². The molecule has 0 aliphatic carbocycles. The number of benzene rings is 1. The molecule has 0 unspecified atom stereocenters. The van der Waals surface area contributed by atoms with Gasteiger partial charge in [0.05, 0.1) is 5.30 Å². The van der Waals surface area contributed by atoms with Crippen LogP contribution in [0.4, 0.5) is 5.69 Å². The summed E-state index contributed by atoms with van der Waals surface area (Å²) in [5, 5.41) is 2.71. The van der Waals surface area contributed by atoms with E-state index in [0.29, 0.717) is 5.69 Å². The second kappa shape index (κ2) is 4.06. The zero-order valence-electron chi connectivity index (χ0n) is 7.04. The van der Waals surface area contributed by atoms with Gasteiger partial charge in [0.2, 0.25) is 0 Å². The highest BCUT2D eigenvalue weighted by molar-refractivity contribution is 7.80. The molecule has 1 aromatic rings. The average molecular weight is 232 g/mol. The third-order valence-corrected chi connectivity index (χ3v) is 2.54. The second-order valence-corrected chi connectivity index (χ2v) is 4.62. The largest absolute Gasteiger partial charge is 0.376 e. The van der Waals surface area contributed by atoms with Gasteiger partial charge in [-0.3, -0.25) is 4.57 Å². The van der Waals surface area contributed by atoms with Crippen LogP contribution in [0.3, 0.4) is 0 Å². The van der Waals surface area contributed by atoms with Crippen molar-refractivity contribution in [3.63, 3.8) is 0 Å². The zero-order valence-corrected chi connectivity index (χ0v) is 8.76. The molecule has 0 aromatic heterocycles. The van der Waals surface area contributed by atoms with Crippen molar-refractivity contribution in [2.45, 2.75) is 0 Å². The number of hydrogen-bond acceptors (Lipinski definition) is 2. The van der Waals surface area contributed by atoms with Gasteiger partial charge < -0.3 is 20.8 Å². The minimum atomic E-state index is -4.16. The van der Waals surface area contributed by atoms with Gasteiger partial charge in [0.25, 0.3) is 0 Å². The number of thiocarbonyl (C=S) groups is 1. The van der Waals surface area contributed by atoms with Gasteiger partial charge in [-0.15, -0.1) is 0 Å². The van der Waals surface area contributed by atoms with Crippen LogP contribution in [0.15, 0.2) is 24.3 Å². The first-order chi connectivity index (χ1) is 6.39. The van der Waals surface area contributed by atoms with Crippen LogP contribution >= 0.6 is 19.8 Å². The molecule has 0 spiro atoms. The fraction of sp³-hybridized carbons (Fsp3) is 0. The number of nitrogens with one attached hydrogen (secondary N) is 1. The minimum absolute atomic E-state index is 0.0361. The molecule has 0 aliphatic rings. The van der Waals surface area contributed by atoms with Crippen molar-refractivity contribution in [2.75, 3.05) is 5.32 Å². The summed E-state index contributed by atoms with van der Waals surface area (Å²) in [4.78, 5) is 17.6. The Morgan fingerprint density at radius 2 is 1.86 bits per heavy atom. The fourth-order valence-corrected chi connectivity index (χ4v) is 1.54. The SMILES string of the molecule is NC(=S)Nc1ccc(P(=O)(O)O)cc1. The Morgan fingerprint density at radius 1 is 1.36 bits per heavy atom. The average Bonchev–Trinajstić information content (AvgIpc) is 2.02. The molecular formula is C7H9N2O3PS. The van der Waals surface area contributed by atoms with E-state index in [1.165, 1.54) is 24.3 Å². The van der Waals surface area contributed by atoms with Gasteiger partial charge in [0, 0.05) is 5.69 Å². The van der Waals surface area contributed by atoms with Gasteiger partial charge in [0.15, 0.2) is 5.11 Å². The first-order valence-corrected chi connectivity index (χ1v) is 5.64. The summed E-state index contributed by atoms with van der Waals surface area (Å²) in [6.45, 7) is 0. The zero-order chi connectivity index (χ0) is 10.8. The maximum Gasteiger partial charge on any atom is 0.356 e. The van der Waals surface area contributed by atoms with Gasteiger partial charge in [-0.1, -0.05) is 0 Å². The summed E-state index contributed by atoms with van der Waals surface area (Å²) in [7, 11) is -4.16. The van der Waals surface area contributed by atoms with E-state index in [9.17, 15) is 4.57 Å². The highest BCUT2D eigenvalue weighted by Gasteiger charge is 2.15. The van der Waals surface area contributed by atoms with Gasteiger partial charge in [-0.2, -0.15) is 0 Å². The molecule has 0 aliphatic heterocycles. The van der Waals surface area contributed by atoms with Gasteiger partial charge in [-0.05, 0) is 36.5 Å². The number of rotatable bonds is 2. The molecule has 0 saturated heterocycles. The quantitative estimate of drug-likeness (QED) is 0.428. The molecule has 5 nitrogen and oxygen atoms in total. The van der Waals surface area contributed by atoms with E-state index in [4.69, 9.17) is 15.5 Å². The molecule has 0 heterocycles. The predicted octanol–water partition coefficient (Wildman–Crippen LogP) is 0.145. The lowest BCUT2D eigenvalue weighted by molar-refractivity contribution is 0.387. The lowest BCUT2D eigenvalue weighted by atomic mass is 10.3. The van der Waals surface area contributed by atoms with Crippen LogP contribution in [-0.2, 0) is 4.57 Å². The Morgan fingerprint density at radius 3 is 2.21 bits per heavy atom. The van der Waals surface area contributed by atoms with Crippen molar-refractivity contribution in [1.29, 1.82) is 0 Å². The lowest BCUT2D eigenvalue weighted by Crippen LogP contribution is -2.19. The number of anilines is 1. The second-order valence-electron chi connectivity index (χ2n) is 2.58.